The van der Waals surface area contributed by atoms with Crippen molar-refractivity contribution in [3.05, 3.63) is 59.0 Å². The van der Waals surface area contributed by atoms with Crippen molar-refractivity contribution >= 4 is 21.6 Å². The fraction of sp³-hybridized carbons (Fsp3) is 0. The van der Waals surface area contributed by atoms with Crippen molar-refractivity contribution in [3.63, 3.8) is 0 Å². The average Bonchev–Trinajstić information content (AvgIpc) is 2.81. The largest absolute Gasteiger partial charge is 0.292 e. The summed E-state index contributed by atoms with van der Waals surface area (Å²) in [6.07, 6.45) is 3.67. The third-order valence-electron chi connectivity index (χ3n) is 2.79. The van der Waals surface area contributed by atoms with Crippen LogP contribution in [0, 0.1) is 11.3 Å². The lowest BCUT2D eigenvalue weighted by atomic mass is 10.1. The van der Waals surface area contributed by atoms with Crippen molar-refractivity contribution in [1.82, 2.24) is 9.38 Å². The van der Waals surface area contributed by atoms with Crippen molar-refractivity contribution < 1.29 is 0 Å². The Balaban J connectivity index is 2.32. The van der Waals surface area contributed by atoms with E-state index in [-0.39, 0.29) is 0 Å². The van der Waals surface area contributed by atoms with Crippen molar-refractivity contribution in [2.75, 3.05) is 0 Å². The van der Waals surface area contributed by atoms with Crippen LogP contribution in [0.2, 0.25) is 0 Å². The zero-order valence-electron chi connectivity index (χ0n) is 9.34. The van der Waals surface area contributed by atoms with Crippen molar-refractivity contribution in [2.24, 2.45) is 0 Å². The van der Waals surface area contributed by atoms with Crippen LogP contribution in [-0.4, -0.2) is 9.38 Å². The standard InChI is InChI=1S/C14H8BrN3/c15-13-8-17-14-11(7-16)6-12(9-18(13)14)10-4-2-1-3-5-10/h1-6,8-9H. The predicted molar refractivity (Wildman–Crippen MR) is 73.0 cm³/mol. The minimum Gasteiger partial charge on any atom is -0.292 e. The van der Waals surface area contributed by atoms with Gasteiger partial charge in [-0.25, -0.2) is 4.98 Å². The van der Waals surface area contributed by atoms with Crippen LogP contribution < -0.4 is 0 Å². The van der Waals surface area contributed by atoms with Crippen LogP contribution in [0.15, 0.2) is 53.4 Å². The number of nitrogens with zero attached hydrogens (tertiary/aromatic N) is 3. The Morgan fingerprint density at radius 2 is 1.94 bits per heavy atom. The molecule has 0 atom stereocenters. The van der Waals surface area contributed by atoms with Crippen LogP contribution in [0.1, 0.15) is 5.56 Å². The molecule has 2 aromatic heterocycles. The molecule has 0 N–H and O–H groups in total. The molecule has 18 heavy (non-hydrogen) atoms. The molecule has 0 aliphatic rings. The summed E-state index contributed by atoms with van der Waals surface area (Å²) < 4.78 is 2.72. The second-order valence-corrected chi connectivity index (χ2v) is 4.71. The van der Waals surface area contributed by atoms with E-state index in [1.54, 1.807) is 6.20 Å². The van der Waals surface area contributed by atoms with Gasteiger partial charge in [0.2, 0.25) is 0 Å². The van der Waals surface area contributed by atoms with E-state index in [9.17, 15) is 5.26 Å². The first-order valence-electron chi connectivity index (χ1n) is 5.42. The molecule has 0 aliphatic heterocycles. The summed E-state index contributed by atoms with van der Waals surface area (Å²) in [7, 11) is 0. The lowest BCUT2D eigenvalue weighted by Crippen LogP contribution is -1.91. The molecular formula is C14H8BrN3. The lowest BCUT2D eigenvalue weighted by molar-refractivity contribution is 1.15. The van der Waals surface area contributed by atoms with Gasteiger partial charge in [0.1, 0.15) is 10.7 Å². The van der Waals surface area contributed by atoms with Crippen LogP contribution in [0.3, 0.4) is 0 Å². The van der Waals surface area contributed by atoms with Crippen LogP contribution in [0.5, 0.6) is 0 Å². The van der Waals surface area contributed by atoms with Gasteiger partial charge in [0.15, 0.2) is 5.65 Å². The Hall–Kier alpha value is -2.12. The molecule has 0 radical (unpaired) electrons. The highest BCUT2D eigenvalue weighted by Gasteiger charge is 2.09. The molecule has 3 rings (SSSR count). The molecule has 0 amide bonds. The number of hydrogen-bond donors (Lipinski definition) is 0. The number of fused-ring (bicyclic) bond motifs is 1. The molecule has 0 fully saturated rings. The Morgan fingerprint density at radius 3 is 2.67 bits per heavy atom. The zero-order valence-corrected chi connectivity index (χ0v) is 10.9. The molecule has 86 valence electrons. The molecule has 1 aromatic carbocycles. The van der Waals surface area contributed by atoms with Gasteiger partial charge < -0.3 is 0 Å². The molecule has 3 aromatic rings. The molecule has 0 spiro atoms. The summed E-state index contributed by atoms with van der Waals surface area (Å²) in [6, 6.07) is 14.0. The molecule has 3 nitrogen and oxygen atoms in total. The number of imidazole rings is 1. The van der Waals surface area contributed by atoms with Gasteiger partial charge in [0.25, 0.3) is 0 Å². The maximum atomic E-state index is 9.20. The topological polar surface area (TPSA) is 41.1 Å². The first kappa shape index (κ1) is 11.0. The summed E-state index contributed by atoms with van der Waals surface area (Å²) in [5, 5.41) is 9.20. The Kier molecular flexibility index (Phi) is 2.62. The van der Waals surface area contributed by atoms with Crippen LogP contribution in [0.4, 0.5) is 0 Å². The molecule has 0 aliphatic carbocycles. The zero-order chi connectivity index (χ0) is 12.5. The summed E-state index contributed by atoms with van der Waals surface area (Å²) in [4.78, 5) is 4.22. The average molecular weight is 298 g/mol. The van der Waals surface area contributed by atoms with Crippen molar-refractivity contribution in [2.45, 2.75) is 0 Å². The molecule has 0 saturated carbocycles. The minimum absolute atomic E-state index is 0.571. The van der Waals surface area contributed by atoms with Gasteiger partial charge in [-0.1, -0.05) is 30.3 Å². The van der Waals surface area contributed by atoms with Crippen LogP contribution in [0.25, 0.3) is 16.8 Å². The Labute approximate surface area is 112 Å². The third-order valence-corrected chi connectivity index (χ3v) is 3.38. The van der Waals surface area contributed by atoms with Gasteiger partial charge in [-0.2, -0.15) is 5.26 Å². The van der Waals surface area contributed by atoms with Crippen LogP contribution >= 0.6 is 15.9 Å². The normalized spacial score (nSPS) is 10.4. The predicted octanol–water partition coefficient (Wildman–Crippen LogP) is 3.64. The number of benzene rings is 1. The van der Waals surface area contributed by atoms with Gasteiger partial charge in [-0.05, 0) is 33.1 Å². The molecular weight excluding hydrogens is 290 g/mol. The fourth-order valence-electron chi connectivity index (χ4n) is 1.93. The molecule has 2 heterocycles. The van der Waals surface area contributed by atoms with Gasteiger partial charge in [0, 0.05) is 6.20 Å². The number of nitriles is 1. The molecule has 0 saturated heterocycles. The summed E-state index contributed by atoms with van der Waals surface area (Å²) in [6.45, 7) is 0. The molecule has 0 unspecified atom stereocenters. The SMILES string of the molecule is N#Cc1cc(-c2ccccc2)cn2c(Br)cnc12. The first-order chi connectivity index (χ1) is 8.79. The fourth-order valence-corrected chi connectivity index (χ4v) is 2.30. The molecule has 4 heteroatoms. The highest BCUT2D eigenvalue weighted by molar-refractivity contribution is 9.10. The van der Waals surface area contributed by atoms with Gasteiger partial charge in [-0.15, -0.1) is 0 Å². The smallest absolute Gasteiger partial charge is 0.155 e. The van der Waals surface area contributed by atoms with Crippen molar-refractivity contribution in [3.8, 4) is 17.2 Å². The minimum atomic E-state index is 0.571. The van der Waals surface area contributed by atoms with E-state index in [4.69, 9.17) is 0 Å². The second-order valence-electron chi connectivity index (χ2n) is 3.89. The summed E-state index contributed by atoms with van der Waals surface area (Å²) in [5.41, 5.74) is 3.32. The van der Waals surface area contributed by atoms with E-state index in [0.29, 0.717) is 11.2 Å². The molecule has 0 bridgehead atoms. The maximum absolute atomic E-state index is 9.20. The summed E-state index contributed by atoms with van der Waals surface area (Å²) >= 11 is 3.43. The number of halogens is 1. The maximum Gasteiger partial charge on any atom is 0.155 e. The van der Waals surface area contributed by atoms with Crippen molar-refractivity contribution in [1.29, 1.82) is 5.26 Å². The number of rotatable bonds is 1. The van der Waals surface area contributed by atoms with E-state index in [2.05, 4.69) is 27.0 Å². The van der Waals surface area contributed by atoms with Gasteiger partial charge in [0.05, 0.1) is 11.8 Å². The number of hydrogen-bond acceptors (Lipinski definition) is 2. The third kappa shape index (κ3) is 1.69. The second kappa shape index (κ2) is 4.28. The van der Waals surface area contributed by atoms with E-state index >= 15 is 0 Å². The number of pyridine rings is 1. The monoisotopic (exact) mass is 297 g/mol. The Morgan fingerprint density at radius 1 is 1.17 bits per heavy atom. The van der Waals surface area contributed by atoms with E-state index < -0.39 is 0 Å². The van der Waals surface area contributed by atoms with E-state index in [1.165, 1.54) is 0 Å². The highest BCUT2D eigenvalue weighted by atomic mass is 79.9. The lowest BCUT2D eigenvalue weighted by Gasteiger charge is -2.05. The quantitative estimate of drug-likeness (QED) is 0.688. The first-order valence-corrected chi connectivity index (χ1v) is 6.21. The summed E-state index contributed by atoms with van der Waals surface area (Å²) in [5.74, 6) is 0. The highest BCUT2D eigenvalue weighted by Crippen LogP contribution is 2.24. The van der Waals surface area contributed by atoms with Crippen LogP contribution in [-0.2, 0) is 0 Å². The Bertz CT molecular complexity index is 754. The van der Waals surface area contributed by atoms with E-state index in [0.717, 1.165) is 15.7 Å². The van der Waals surface area contributed by atoms with Gasteiger partial charge >= 0.3 is 0 Å². The van der Waals surface area contributed by atoms with E-state index in [1.807, 2.05) is 47.0 Å². The number of aromatic nitrogens is 2. The van der Waals surface area contributed by atoms with Gasteiger partial charge in [-0.3, -0.25) is 4.40 Å².